The third-order valence-electron chi connectivity index (χ3n) is 1.50. The van der Waals surface area contributed by atoms with E-state index in [2.05, 4.69) is 6.07 Å². The molecule has 0 N–H and O–H groups in total. The second-order valence-corrected chi connectivity index (χ2v) is 2.15. The number of hydrogen-bond donors (Lipinski definition) is 0. The van der Waals surface area contributed by atoms with Gasteiger partial charge in [0.2, 0.25) is 6.41 Å². The predicted octanol–water partition coefficient (Wildman–Crippen LogP) is 1.47. The monoisotopic (exact) mass is 148 g/mol. The minimum atomic E-state index is 0.702. The summed E-state index contributed by atoms with van der Waals surface area (Å²) in [6.07, 6.45) is 0.829. The summed E-state index contributed by atoms with van der Waals surface area (Å²) >= 11 is 0. The van der Waals surface area contributed by atoms with Crippen LogP contribution in [0.25, 0.3) is 0 Å². The second kappa shape index (κ2) is 3.76. The molecule has 1 radical (unpaired) electrons. The number of amides is 1. The summed E-state index contributed by atoms with van der Waals surface area (Å²) in [7, 11) is 0. The molecule has 0 aliphatic rings. The fraction of sp³-hybridized carbons (Fsp3) is 0.222. The highest BCUT2D eigenvalue weighted by Crippen LogP contribution is 2.09. The van der Waals surface area contributed by atoms with Gasteiger partial charge in [0.05, 0.1) is 0 Å². The number of rotatable bonds is 3. The van der Waals surface area contributed by atoms with Crippen LogP contribution in [0.3, 0.4) is 0 Å². The van der Waals surface area contributed by atoms with E-state index in [0.29, 0.717) is 6.54 Å². The zero-order valence-electron chi connectivity index (χ0n) is 6.45. The molecule has 11 heavy (non-hydrogen) atoms. The molecule has 1 aromatic carbocycles. The van der Waals surface area contributed by atoms with E-state index in [4.69, 9.17) is 0 Å². The largest absolute Gasteiger partial charge is 0.315 e. The quantitative estimate of drug-likeness (QED) is 0.594. The predicted molar refractivity (Wildman–Crippen MR) is 44.4 cm³/mol. The summed E-state index contributed by atoms with van der Waals surface area (Å²) in [5, 5.41) is 0. The van der Waals surface area contributed by atoms with Crippen LogP contribution in [0.4, 0.5) is 5.69 Å². The van der Waals surface area contributed by atoms with Crippen molar-refractivity contribution >= 4 is 12.1 Å². The summed E-state index contributed by atoms with van der Waals surface area (Å²) in [4.78, 5) is 12.1. The lowest BCUT2D eigenvalue weighted by atomic mass is 10.3. The van der Waals surface area contributed by atoms with Crippen molar-refractivity contribution in [1.29, 1.82) is 0 Å². The minimum Gasteiger partial charge on any atom is -0.315 e. The van der Waals surface area contributed by atoms with Crippen LogP contribution in [0.5, 0.6) is 0 Å². The third-order valence-corrected chi connectivity index (χ3v) is 1.50. The zero-order chi connectivity index (χ0) is 8.10. The molecule has 1 rings (SSSR count). The van der Waals surface area contributed by atoms with Gasteiger partial charge in [0, 0.05) is 12.2 Å². The first-order chi connectivity index (χ1) is 5.38. The van der Waals surface area contributed by atoms with Gasteiger partial charge in [0.1, 0.15) is 0 Å². The molecular formula is C9H10NO. The molecule has 0 saturated heterocycles. The summed E-state index contributed by atoms with van der Waals surface area (Å²) in [6, 6.07) is 10.2. The van der Waals surface area contributed by atoms with Crippen LogP contribution in [0.2, 0.25) is 0 Å². The molecule has 0 fully saturated rings. The van der Waals surface area contributed by atoms with E-state index in [9.17, 15) is 4.79 Å². The Kier molecular flexibility index (Phi) is 2.66. The van der Waals surface area contributed by atoms with Crippen molar-refractivity contribution in [1.82, 2.24) is 0 Å². The Balaban J connectivity index is 2.82. The minimum absolute atomic E-state index is 0.702. The Bertz CT molecular complexity index is 220. The maximum absolute atomic E-state index is 10.5. The molecule has 1 amide bonds. The van der Waals surface area contributed by atoms with E-state index in [1.54, 1.807) is 17.0 Å². The van der Waals surface area contributed by atoms with Crippen LogP contribution in [-0.4, -0.2) is 13.0 Å². The Hall–Kier alpha value is -1.31. The van der Waals surface area contributed by atoms with Crippen LogP contribution in [-0.2, 0) is 4.79 Å². The number of carbonyl (C=O) groups excluding carboxylic acids is 1. The van der Waals surface area contributed by atoms with Crippen molar-refractivity contribution in [2.75, 3.05) is 11.4 Å². The van der Waals surface area contributed by atoms with Gasteiger partial charge in [-0.1, -0.05) is 12.1 Å². The van der Waals surface area contributed by atoms with Crippen molar-refractivity contribution in [3.05, 3.63) is 30.3 Å². The van der Waals surface area contributed by atoms with Gasteiger partial charge in [-0.25, -0.2) is 0 Å². The van der Waals surface area contributed by atoms with Gasteiger partial charge in [-0.15, -0.1) is 0 Å². The molecule has 2 nitrogen and oxygen atoms in total. The summed E-state index contributed by atoms with van der Waals surface area (Å²) in [5.41, 5.74) is 0.918. The van der Waals surface area contributed by atoms with Gasteiger partial charge >= 0.3 is 0 Å². The lowest BCUT2D eigenvalue weighted by molar-refractivity contribution is -0.107. The highest BCUT2D eigenvalue weighted by atomic mass is 16.1. The van der Waals surface area contributed by atoms with Gasteiger partial charge in [0.15, 0.2) is 0 Å². The van der Waals surface area contributed by atoms with E-state index in [-0.39, 0.29) is 0 Å². The first-order valence-electron chi connectivity index (χ1n) is 3.56. The van der Waals surface area contributed by atoms with Gasteiger partial charge in [-0.3, -0.25) is 4.79 Å². The first kappa shape index (κ1) is 7.79. The Morgan fingerprint density at radius 1 is 1.55 bits per heavy atom. The van der Waals surface area contributed by atoms with Crippen molar-refractivity contribution in [2.24, 2.45) is 0 Å². The van der Waals surface area contributed by atoms with E-state index in [1.165, 1.54) is 0 Å². The average molecular weight is 148 g/mol. The Labute approximate surface area is 66.4 Å². The Morgan fingerprint density at radius 3 is 2.64 bits per heavy atom. The van der Waals surface area contributed by atoms with E-state index in [0.717, 1.165) is 12.1 Å². The molecular weight excluding hydrogens is 138 g/mol. The molecule has 0 atom stereocenters. The molecule has 0 unspecified atom stereocenters. The second-order valence-electron chi connectivity index (χ2n) is 2.15. The van der Waals surface area contributed by atoms with Crippen LogP contribution in [0, 0.1) is 6.07 Å². The lowest BCUT2D eigenvalue weighted by Gasteiger charge is -2.13. The normalized spacial score (nSPS) is 9.18. The highest BCUT2D eigenvalue weighted by molar-refractivity contribution is 5.74. The van der Waals surface area contributed by atoms with Crippen molar-refractivity contribution < 1.29 is 4.79 Å². The molecule has 0 saturated carbocycles. The third kappa shape index (κ3) is 1.80. The smallest absolute Gasteiger partial charge is 0.214 e. The molecule has 57 valence electrons. The number of benzene rings is 1. The molecule has 2 heteroatoms. The van der Waals surface area contributed by atoms with Crippen LogP contribution >= 0.6 is 0 Å². The molecule has 1 aromatic rings. The topological polar surface area (TPSA) is 20.3 Å². The van der Waals surface area contributed by atoms with Gasteiger partial charge in [0.25, 0.3) is 0 Å². The number of carbonyl (C=O) groups is 1. The number of hydrogen-bond acceptors (Lipinski definition) is 1. The van der Waals surface area contributed by atoms with Crippen molar-refractivity contribution in [3.63, 3.8) is 0 Å². The van der Waals surface area contributed by atoms with Crippen molar-refractivity contribution in [2.45, 2.75) is 6.92 Å². The van der Waals surface area contributed by atoms with Crippen LogP contribution < -0.4 is 4.90 Å². The van der Waals surface area contributed by atoms with E-state index in [1.807, 2.05) is 19.1 Å². The van der Waals surface area contributed by atoms with Crippen molar-refractivity contribution in [3.8, 4) is 0 Å². The summed E-state index contributed by atoms with van der Waals surface area (Å²) < 4.78 is 0. The van der Waals surface area contributed by atoms with Gasteiger partial charge < -0.3 is 4.90 Å². The maximum Gasteiger partial charge on any atom is 0.214 e. The van der Waals surface area contributed by atoms with E-state index < -0.39 is 0 Å². The van der Waals surface area contributed by atoms with E-state index >= 15 is 0 Å². The van der Waals surface area contributed by atoms with Crippen LogP contribution in [0.15, 0.2) is 24.3 Å². The fourth-order valence-corrected chi connectivity index (χ4v) is 0.888. The maximum atomic E-state index is 10.5. The SMILES string of the molecule is CCN(C=O)c1cc[c]cc1. The fourth-order valence-electron chi connectivity index (χ4n) is 0.888. The number of nitrogens with zero attached hydrogens (tertiary/aromatic N) is 1. The molecule has 0 aliphatic heterocycles. The molecule has 0 bridgehead atoms. The van der Waals surface area contributed by atoms with Crippen LogP contribution in [0.1, 0.15) is 6.92 Å². The average Bonchev–Trinajstić information content (AvgIpc) is 2.09. The number of anilines is 1. The molecule has 0 aliphatic carbocycles. The first-order valence-corrected chi connectivity index (χ1v) is 3.56. The highest BCUT2D eigenvalue weighted by Gasteiger charge is 1.98. The zero-order valence-corrected chi connectivity index (χ0v) is 6.45. The summed E-state index contributed by atoms with van der Waals surface area (Å²) in [5.74, 6) is 0. The molecule has 0 heterocycles. The molecule has 0 spiro atoms. The molecule has 0 aromatic heterocycles. The lowest BCUT2D eigenvalue weighted by Crippen LogP contribution is -2.19. The summed E-state index contributed by atoms with van der Waals surface area (Å²) in [6.45, 7) is 2.64. The van der Waals surface area contributed by atoms with Gasteiger partial charge in [-0.2, -0.15) is 0 Å². The Morgan fingerprint density at radius 2 is 2.18 bits per heavy atom. The van der Waals surface area contributed by atoms with Gasteiger partial charge in [-0.05, 0) is 25.1 Å². The standard InChI is InChI=1S/C9H10NO/c1-2-10(8-11)9-6-4-3-5-7-9/h4-8H,2H2,1H3.